The van der Waals surface area contributed by atoms with Crippen LogP contribution < -0.4 is 5.32 Å². The highest BCUT2D eigenvalue weighted by atomic mass is 19.1. The van der Waals surface area contributed by atoms with Crippen LogP contribution >= 0.6 is 0 Å². The van der Waals surface area contributed by atoms with E-state index in [1.54, 1.807) is 23.7 Å². The van der Waals surface area contributed by atoms with Crippen molar-refractivity contribution >= 4 is 5.69 Å². The molecule has 1 heterocycles. The SMILES string of the molecule is Cc1ccc(CNc2cn(C)nc2C)cc1F. The Labute approximate surface area is 100 Å². The molecule has 1 aromatic heterocycles. The summed E-state index contributed by atoms with van der Waals surface area (Å²) < 4.78 is 15.1. The average Bonchev–Trinajstić information content (AvgIpc) is 2.59. The second-order valence-electron chi connectivity index (χ2n) is 4.24. The summed E-state index contributed by atoms with van der Waals surface area (Å²) in [6.07, 6.45) is 1.92. The first-order valence-electron chi connectivity index (χ1n) is 5.55. The largest absolute Gasteiger partial charge is 0.378 e. The number of nitrogens with zero attached hydrogens (tertiary/aromatic N) is 2. The maximum absolute atomic E-state index is 13.3. The third-order valence-electron chi connectivity index (χ3n) is 2.73. The zero-order chi connectivity index (χ0) is 12.4. The molecule has 1 N–H and O–H groups in total. The van der Waals surface area contributed by atoms with Crippen molar-refractivity contribution in [3.8, 4) is 0 Å². The summed E-state index contributed by atoms with van der Waals surface area (Å²) in [6, 6.07) is 5.29. The van der Waals surface area contributed by atoms with Crippen molar-refractivity contribution in [1.82, 2.24) is 9.78 Å². The lowest BCUT2D eigenvalue weighted by Crippen LogP contribution is -2.00. The van der Waals surface area contributed by atoms with Crippen LogP contribution in [-0.4, -0.2) is 9.78 Å². The summed E-state index contributed by atoms with van der Waals surface area (Å²) in [5, 5.41) is 7.48. The van der Waals surface area contributed by atoms with Gasteiger partial charge in [0, 0.05) is 19.8 Å². The molecular formula is C13H16FN3. The summed E-state index contributed by atoms with van der Waals surface area (Å²) in [5.41, 5.74) is 3.52. The summed E-state index contributed by atoms with van der Waals surface area (Å²) in [5.74, 6) is -0.160. The van der Waals surface area contributed by atoms with E-state index < -0.39 is 0 Å². The van der Waals surface area contributed by atoms with Crippen LogP contribution in [0.5, 0.6) is 0 Å². The third-order valence-corrected chi connectivity index (χ3v) is 2.73. The van der Waals surface area contributed by atoms with Gasteiger partial charge >= 0.3 is 0 Å². The predicted molar refractivity (Wildman–Crippen MR) is 66.4 cm³/mol. The molecule has 2 rings (SSSR count). The molecule has 0 amide bonds. The second kappa shape index (κ2) is 4.57. The maximum Gasteiger partial charge on any atom is 0.126 e. The van der Waals surface area contributed by atoms with Gasteiger partial charge in [-0.25, -0.2) is 4.39 Å². The predicted octanol–water partition coefficient (Wildman–Crippen LogP) is 2.79. The lowest BCUT2D eigenvalue weighted by molar-refractivity contribution is 0.616. The molecule has 0 spiro atoms. The number of anilines is 1. The summed E-state index contributed by atoms with van der Waals surface area (Å²) in [6.45, 7) is 4.31. The molecule has 0 fully saturated rings. The van der Waals surface area contributed by atoms with E-state index in [1.165, 1.54) is 0 Å². The van der Waals surface area contributed by atoms with Gasteiger partial charge in [-0.15, -0.1) is 0 Å². The topological polar surface area (TPSA) is 29.9 Å². The highest BCUT2D eigenvalue weighted by molar-refractivity contribution is 5.46. The van der Waals surface area contributed by atoms with Crippen LogP contribution in [-0.2, 0) is 13.6 Å². The Morgan fingerprint density at radius 3 is 2.71 bits per heavy atom. The van der Waals surface area contributed by atoms with Crippen LogP contribution in [0.1, 0.15) is 16.8 Å². The van der Waals surface area contributed by atoms with E-state index in [2.05, 4.69) is 10.4 Å². The van der Waals surface area contributed by atoms with E-state index in [1.807, 2.05) is 26.2 Å². The number of halogens is 1. The second-order valence-corrected chi connectivity index (χ2v) is 4.24. The Hall–Kier alpha value is -1.84. The fourth-order valence-corrected chi connectivity index (χ4v) is 1.72. The van der Waals surface area contributed by atoms with E-state index in [0.717, 1.165) is 16.9 Å². The fourth-order valence-electron chi connectivity index (χ4n) is 1.72. The molecule has 17 heavy (non-hydrogen) atoms. The first-order valence-corrected chi connectivity index (χ1v) is 5.55. The van der Waals surface area contributed by atoms with Gasteiger partial charge < -0.3 is 5.32 Å². The number of aromatic nitrogens is 2. The minimum absolute atomic E-state index is 0.160. The van der Waals surface area contributed by atoms with Crippen molar-refractivity contribution in [2.75, 3.05) is 5.32 Å². The first kappa shape index (κ1) is 11.6. The van der Waals surface area contributed by atoms with Crippen molar-refractivity contribution in [1.29, 1.82) is 0 Å². The monoisotopic (exact) mass is 233 g/mol. The van der Waals surface area contributed by atoms with Crippen molar-refractivity contribution in [2.45, 2.75) is 20.4 Å². The molecule has 0 aliphatic heterocycles. The number of aryl methyl sites for hydroxylation is 3. The van der Waals surface area contributed by atoms with Crippen molar-refractivity contribution in [3.63, 3.8) is 0 Å². The van der Waals surface area contributed by atoms with Crippen LogP contribution in [0, 0.1) is 19.7 Å². The molecule has 90 valence electrons. The van der Waals surface area contributed by atoms with Crippen LogP contribution in [0.2, 0.25) is 0 Å². The van der Waals surface area contributed by atoms with Gasteiger partial charge in [-0.1, -0.05) is 12.1 Å². The molecule has 3 nitrogen and oxygen atoms in total. The highest BCUT2D eigenvalue weighted by Crippen LogP contribution is 2.14. The summed E-state index contributed by atoms with van der Waals surface area (Å²) in [4.78, 5) is 0. The molecule has 0 unspecified atom stereocenters. The number of hydrogen-bond donors (Lipinski definition) is 1. The Kier molecular flexibility index (Phi) is 3.13. The van der Waals surface area contributed by atoms with Gasteiger partial charge in [0.2, 0.25) is 0 Å². The molecular weight excluding hydrogens is 217 g/mol. The maximum atomic E-state index is 13.3. The average molecular weight is 233 g/mol. The lowest BCUT2D eigenvalue weighted by atomic mass is 10.1. The minimum Gasteiger partial charge on any atom is -0.378 e. The van der Waals surface area contributed by atoms with Crippen LogP contribution in [0.15, 0.2) is 24.4 Å². The van der Waals surface area contributed by atoms with Crippen LogP contribution in [0.25, 0.3) is 0 Å². The van der Waals surface area contributed by atoms with Crippen LogP contribution in [0.3, 0.4) is 0 Å². The molecule has 0 radical (unpaired) electrons. The Balaban J connectivity index is 2.07. The zero-order valence-electron chi connectivity index (χ0n) is 10.3. The standard InChI is InChI=1S/C13H16FN3/c1-9-4-5-11(6-12(9)14)7-15-13-8-17(3)16-10(13)2/h4-6,8,15H,7H2,1-3H3. The van der Waals surface area contributed by atoms with Crippen LogP contribution in [0.4, 0.5) is 10.1 Å². The Morgan fingerprint density at radius 2 is 2.12 bits per heavy atom. The van der Waals surface area contributed by atoms with Crippen molar-refractivity contribution in [2.24, 2.45) is 7.05 Å². The van der Waals surface area contributed by atoms with E-state index in [-0.39, 0.29) is 5.82 Å². The van der Waals surface area contributed by atoms with Gasteiger partial charge in [0.05, 0.1) is 11.4 Å². The number of rotatable bonds is 3. The van der Waals surface area contributed by atoms with Crippen molar-refractivity contribution in [3.05, 3.63) is 47.0 Å². The molecule has 0 saturated carbocycles. The van der Waals surface area contributed by atoms with Crippen molar-refractivity contribution < 1.29 is 4.39 Å². The van der Waals surface area contributed by atoms with Gasteiger partial charge in [-0.05, 0) is 31.0 Å². The smallest absolute Gasteiger partial charge is 0.126 e. The summed E-state index contributed by atoms with van der Waals surface area (Å²) in [7, 11) is 1.88. The van der Waals surface area contributed by atoms with E-state index in [9.17, 15) is 4.39 Å². The van der Waals surface area contributed by atoms with E-state index in [0.29, 0.717) is 12.1 Å². The Bertz CT molecular complexity index is 531. The molecule has 4 heteroatoms. The van der Waals surface area contributed by atoms with E-state index in [4.69, 9.17) is 0 Å². The number of benzene rings is 1. The zero-order valence-corrected chi connectivity index (χ0v) is 10.3. The normalized spacial score (nSPS) is 10.6. The fraction of sp³-hybridized carbons (Fsp3) is 0.308. The quantitative estimate of drug-likeness (QED) is 0.883. The number of nitrogens with one attached hydrogen (secondary N) is 1. The molecule has 2 aromatic rings. The van der Waals surface area contributed by atoms with Gasteiger partial charge in [0.15, 0.2) is 0 Å². The molecule has 0 aliphatic carbocycles. The Morgan fingerprint density at radius 1 is 1.35 bits per heavy atom. The molecule has 0 bridgehead atoms. The molecule has 0 atom stereocenters. The highest BCUT2D eigenvalue weighted by Gasteiger charge is 2.03. The lowest BCUT2D eigenvalue weighted by Gasteiger charge is -2.06. The molecule has 0 aliphatic rings. The first-order chi connectivity index (χ1) is 8.06. The van der Waals surface area contributed by atoms with E-state index >= 15 is 0 Å². The summed E-state index contributed by atoms with van der Waals surface area (Å²) >= 11 is 0. The minimum atomic E-state index is -0.160. The van der Waals surface area contributed by atoms with Gasteiger partial charge in [-0.3, -0.25) is 4.68 Å². The third kappa shape index (κ3) is 2.64. The van der Waals surface area contributed by atoms with Gasteiger partial charge in [0.25, 0.3) is 0 Å². The van der Waals surface area contributed by atoms with Gasteiger partial charge in [0.1, 0.15) is 5.82 Å². The van der Waals surface area contributed by atoms with Gasteiger partial charge in [-0.2, -0.15) is 5.10 Å². The molecule has 1 aromatic carbocycles. The molecule has 0 saturated heterocycles. The number of hydrogen-bond acceptors (Lipinski definition) is 2.